The quantitative estimate of drug-likeness (QED) is 0.909. The summed E-state index contributed by atoms with van der Waals surface area (Å²) in [4.78, 5) is 17.4. The van der Waals surface area contributed by atoms with Crippen LogP contribution in [0.15, 0.2) is 24.3 Å². The zero-order valence-corrected chi connectivity index (χ0v) is 12.1. The van der Waals surface area contributed by atoms with Crippen LogP contribution < -0.4 is 4.74 Å². The van der Waals surface area contributed by atoms with Crippen molar-refractivity contribution >= 4 is 16.8 Å². The van der Waals surface area contributed by atoms with Gasteiger partial charge in [0.15, 0.2) is 0 Å². The number of piperidine rings is 1. The lowest BCUT2D eigenvalue weighted by Gasteiger charge is -2.29. The normalized spacial score (nSPS) is 16.4. The predicted molar refractivity (Wildman–Crippen MR) is 80.6 cm³/mol. The van der Waals surface area contributed by atoms with Gasteiger partial charge in [0.25, 0.3) is 5.91 Å². The van der Waals surface area contributed by atoms with Crippen molar-refractivity contribution in [1.29, 1.82) is 0 Å². The molecule has 2 aromatic rings. The van der Waals surface area contributed by atoms with E-state index in [4.69, 9.17) is 4.74 Å². The topological polar surface area (TPSA) is 65.6 Å². The number of aliphatic hydroxyl groups is 1. The molecule has 0 spiro atoms. The van der Waals surface area contributed by atoms with E-state index in [2.05, 4.69) is 4.98 Å². The van der Waals surface area contributed by atoms with E-state index in [9.17, 15) is 9.90 Å². The molecule has 5 heteroatoms. The number of carbonyl (C=O) groups excluding carboxylic acids is 1. The number of hydrogen-bond donors (Lipinski definition) is 2. The van der Waals surface area contributed by atoms with Crippen LogP contribution in [0.4, 0.5) is 0 Å². The fourth-order valence-corrected chi connectivity index (χ4v) is 2.72. The van der Waals surface area contributed by atoms with Crippen molar-refractivity contribution in [2.45, 2.75) is 25.9 Å². The molecule has 1 amide bonds. The predicted octanol–water partition coefficient (Wildman–Crippen LogP) is 2.16. The van der Waals surface area contributed by atoms with Crippen LogP contribution in [0.5, 0.6) is 5.75 Å². The van der Waals surface area contributed by atoms with Gasteiger partial charge in [0.1, 0.15) is 11.4 Å². The lowest BCUT2D eigenvalue weighted by atomic mass is 10.1. The van der Waals surface area contributed by atoms with E-state index in [-0.39, 0.29) is 12.0 Å². The Labute approximate surface area is 123 Å². The van der Waals surface area contributed by atoms with Gasteiger partial charge in [-0.2, -0.15) is 0 Å². The monoisotopic (exact) mass is 288 g/mol. The lowest BCUT2D eigenvalue weighted by Crippen LogP contribution is -2.40. The Morgan fingerprint density at radius 1 is 1.38 bits per heavy atom. The van der Waals surface area contributed by atoms with Crippen molar-refractivity contribution < 1.29 is 14.6 Å². The van der Waals surface area contributed by atoms with Crippen LogP contribution in [0.3, 0.4) is 0 Å². The van der Waals surface area contributed by atoms with Crippen molar-refractivity contribution in [2.24, 2.45) is 0 Å². The van der Waals surface area contributed by atoms with Gasteiger partial charge in [0, 0.05) is 30.1 Å². The molecular formula is C16H20N2O3. The number of ether oxygens (including phenoxy) is 1. The summed E-state index contributed by atoms with van der Waals surface area (Å²) in [5, 5.41) is 10.5. The second-order valence-corrected chi connectivity index (χ2v) is 5.39. The molecule has 2 heterocycles. The Kier molecular flexibility index (Phi) is 3.84. The number of nitrogens with one attached hydrogen (secondary N) is 1. The highest BCUT2D eigenvalue weighted by atomic mass is 16.5. The van der Waals surface area contributed by atoms with E-state index in [1.807, 2.05) is 31.2 Å². The average Bonchev–Trinajstić information content (AvgIpc) is 2.91. The van der Waals surface area contributed by atoms with Crippen molar-refractivity contribution in [3.05, 3.63) is 30.0 Å². The molecule has 0 radical (unpaired) electrons. The van der Waals surface area contributed by atoms with Gasteiger partial charge in [-0.25, -0.2) is 0 Å². The van der Waals surface area contributed by atoms with Gasteiger partial charge in [-0.1, -0.05) is 0 Å². The van der Waals surface area contributed by atoms with E-state index in [0.717, 1.165) is 16.7 Å². The molecule has 0 unspecified atom stereocenters. The van der Waals surface area contributed by atoms with Gasteiger partial charge < -0.3 is 19.7 Å². The molecule has 0 saturated carbocycles. The van der Waals surface area contributed by atoms with Crippen molar-refractivity contribution in [3.63, 3.8) is 0 Å². The Bertz CT molecular complexity index is 642. The standard InChI is InChI=1S/C16H20N2O3/c1-2-21-13-4-3-11-9-15(17-14(11)10-13)16(20)18-7-5-12(19)6-8-18/h3-4,9-10,12,17,19H,2,5-8H2,1H3. The molecule has 3 rings (SSSR count). The fraction of sp³-hybridized carbons (Fsp3) is 0.438. The molecule has 1 aromatic carbocycles. The van der Waals surface area contributed by atoms with E-state index >= 15 is 0 Å². The first kappa shape index (κ1) is 13.9. The summed E-state index contributed by atoms with van der Waals surface area (Å²) in [7, 11) is 0. The molecule has 1 aliphatic heterocycles. The molecular weight excluding hydrogens is 268 g/mol. The van der Waals surface area contributed by atoms with E-state index in [1.54, 1.807) is 4.90 Å². The number of amides is 1. The van der Waals surface area contributed by atoms with Gasteiger partial charge >= 0.3 is 0 Å². The van der Waals surface area contributed by atoms with Crippen LogP contribution in [0.1, 0.15) is 30.3 Å². The minimum absolute atomic E-state index is 0.00365. The minimum atomic E-state index is -0.273. The lowest BCUT2D eigenvalue weighted by molar-refractivity contribution is 0.0542. The highest BCUT2D eigenvalue weighted by molar-refractivity contribution is 5.98. The summed E-state index contributed by atoms with van der Waals surface area (Å²) in [6.07, 6.45) is 1.03. The molecule has 1 saturated heterocycles. The molecule has 21 heavy (non-hydrogen) atoms. The third-order valence-electron chi connectivity index (χ3n) is 3.89. The highest BCUT2D eigenvalue weighted by Gasteiger charge is 2.23. The molecule has 2 N–H and O–H groups in total. The first-order valence-electron chi connectivity index (χ1n) is 7.40. The number of rotatable bonds is 3. The SMILES string of the molecule is CCOc1ccc2cc(C(=O)N3CCC(O)CC3)[nH]c2c1. The van der Waals surface area contributed by atoms with Crippen LogP contribution in [0.2, 0.25) is 0 Å². The van der Waals surface area contributed by atoms with Gasteiger partial charge in [-0.15, -0.1) is 0 Å². The largest absolute Gasteiger partial charge is 0.494 e. The van der Waals surface area contributed by atoms with Crippen LogP contribution in [-0.2, 0) is 0 Å². The number of aromatic amines is 1. The number of H-pyrrole nitrogens is 1. The van der Waals surface area contributed by atoms with Crippen LogP contribution in [0, 0.1) is 0 Å². The molecule has 0 atom stereocenters. The molecule has 1 aliphatic rings. The number of aliphatic hydroxyl groups excluding tert-OH is 1. The summed E-state index contributed by atoms with van der Waals surface area (Å²) in [6, 6.07) is 7.65. The van der Waals surface area contributed by atoms with Crippen LogP contribution >= 0.6 is 0 Å². The molecule has 112 valence electrons. The zero-order valence-electron chi connectivity index (χ0n) is 12.1. The first-order valence-corrected chi connectivity index (χ1v) is 7.40. The summed E-state index contributed by atoms with van der Waals surface area (Å²) in [5.74, 6) is 0.794. The average molecular weight is 288 g/mol. The van der Waals surface area contributed by atoms with E-state index < -0.39 is 0 Å². The minimum Gasteiger partial charge on any atom is -0.494 e. The Morgan fingerprint density at radius 3 is 2.86 bits per heavy atom. The maximum atomic E-state index is 12.5. The molecule has 5 nitrogen and oxygen atoms in total. The smallest absolute Gasteiger partial charge is 0.270 e. The van der Waals surface area contributed by atoms with Crippen LogP contribution in [-0.4, -0.2) is 46.7 Å². The number of aromatic nitrogens is 1. The molecule has 0 bridgehead atoms. The van der Waals surface area contributed by atoms with Crippen molar-refractivity contribution in [2.75, 3.05) is 19.7 Å². The number of benzene rings is 1. The highest BCUT2D eigenvalue weighted by Crippen LogP contribution is 2.23. The maximum Gasteiger partial charge on any atom is 0.270 e. The summed E-state index contributed by atoms with van der Waals surface area (Å²) in [6.45, 7) is 3.78. The molecule has 0 aliphatic carbocycles. The van der Waals surface area contributed by atoms with Crippen molar-refractivity contribution in [1.82, 2.24) is 9.88 Å². The van der Waals surface area contributed by atoms with Gasteiger partial charge in [-0.05, 0) is 38.0 Å². The Hall–Kier alpha value is -2.01. The van der Waals surface area contributed by atoms with Gasteiger partial charge in [0.2, 0.25) is 0 Å². The molecule has 1 fully saturated rings. The number of fused-ring (bicyclic) bond motifs is 1. The van der Waals surface area contributed by atoms with Gasteiger partial charge in [0.05, 0.1) is 12.7 Å². The zero-order chi connectivity index (χ0) is 14.8. The third-order valence-corrected chi connectivity index (χ3v) is 3.89. The third kappa shape index (κ3) is 2.88. The number of carbonyl (C=O) groups is 1. The fourth-order valence-electron chi connectivity index (χ4n) is 2.72. The van der Waals surface area contributed by atoms with Crippen molar-refractivity contribution in [3.8, 4) is 5.75 Å². The maximum absolute atomic E-state index is 12.5. The second-order valence-electron chi connectivity index (χ2n) is 5.39. The molecule has 1 aromatic heterocycles. The van der Waals surface area contributed by atoms with Crippen LogP contribution in [0.25, 0.3) is 10.9 Å². The van der Waals surface area contributed by atoms with E-state index in [0.29, 0.717) is 38.2 Å². The first-order chi connectivity index (χ1) is 10.2. The van der Waals surface area contributed by atoms with Gasteiger partial charge in [-0.3, -0.25) is 4.79 Å². The Balaban J connectivity index is 1.81. The summed E-state index contributed by atoms with van der Waals surface area (Å²) < 4.78 is 5.47. The number of hydrogen-bond acceptors (Lipinski definition) is 3. The van der Waals surface area contributed by atoms with E-state index in [1.165, 1.54) is 0 Å². The number of nitrogens with zero attached hydrogens (tertiary/aromatic N) is 1. The summed E-state index contributed by atoms with van der Waals surface area (Å²) >= 11 is 0. The number of likely N-dealkylation sites (tertiary alicyclic amines) is 1. The summed E-state index contributed by atoms with van der Waals surface area (Å²) in [5.41, 5.74) is 1.50. The Morgan fingerprint density at radius 2 is 2.14 bits per heavy atom. The second kappa shape index (κ2) is 5.77.